The van der Waals surface area contributed by atoms with Gasteiger partial charge in [-0.25, -0.2) is 8.42 Å². The van der Waals surface area contributed by atoms with Crippen molar-refractivity contribution >= 4 is 49.9 Å². The van der Waals surface area contributed by atoms with E-state index in [0.29, 0.717) is 11.6 Å². The summed E-state index contributed by atoms with van der Waals surface area (Å²) in [5.74, 6) is 0.405. The Bertz CT molecular complexity index is 518. The van der Waals surface area contributed by atoms with Crippen LogP contribution in [-0.2, 0) is 10.0 Å². The van der Waals surface area contributed by atoms with Crippen molar-refractivity contribution in [2.24, 2.45) is 5.92 Å². The minimum atomic E-state index is -3.14. The first-order chi connectivity index (χ1) is 7.40. The Hall–Kier alpha value is -0.0100. The van der Waals surface area contributed by atoms with Gasteiger partial charge in [0, 0.05) is 15.1 Å². The highest BCUT2D eigenvalue weighted by atomic mass is 127. The van der Waals surface area contributed by atoms with Crippen molar-refractivity contribution in [2.75, 3.05) is 16.6 Å². The molecule has 1 atom stereocenters. The average Bonchev–Trinajstić information content (AvgIpc) is 2.39. The Balaban J connectivity index is 2.45. The molecule has 0 N–H and O–H groups in total. The Morgan fingerprint density at radius 1 is 1.50 bits per heavy atom. The van der Waals surface area contributed by atoms with Crippen molar-refractivity contribution in [1.29, 1.82) is 0 Å². The van der Waals surface area contributed by atoms with Crippen LogP contribution in [0.1, 0.15) is 6.92 Å². The van der Waals surface area contributed by atoms with E-state index in [4.69, 9.17) is 11.6 Å². The van der Waals surface area contributed by atoms with E-state index in [1.54, 1.807) is 18.2 Å². The minimum Gasteiger partial charge on any atom is -0.269 e. The van der Waals surface area contributed by atoms with Crippen LogP contribution in [0, 0.1) is 9.49 Å². The maximum atomic E-state index is 11.9. The smallest absolute Gasteiger partial charge is 0.235 e. The summed E-state index contributed by atoms with van der Waals surface area (Å²) in [7, 11) is -3.14. The zero-order chi connectivity index (χ0) is 11.9. The third kappa shape index (κ3) is 2.31. The Morgan fingerprint density at radius 3 is 2.69 bits per heavy atom. The summed E-state index contributed by atoms with van der Waals surface area (Å²) in [6.07, 6.45) is 0. The number of anilines is 1. The monoisotopic (exact) mass is 371 g/mol. The summed E-state index contributed by atoms with van der Waals surface area (Å²) in [4.78, 5) is 0. The van der Waals surface area contributed by atoms with E-state index >= 15 is 0 Å². The van der Waals surface area contributed by atoms with Crippen molar-refractivity contribution < 1.29 is 8.42 Å². The van der Waals surface area contributed by atoms with Crippen LogP contribution in [0.15, 0.2) is 18.2 Å². The van der Waals surface area contributed by atoms with Crippen molar-refractivity contribution in [1.82, 2.24) is 0 Å². The van der Waals surface area contributed by atoms with Gasteiger partial charge in [-0.15, -0.1) is 0 Å². The molecule has 1 fully saturated rings. The molecule has 6 heteroatoms. The highest BCUT2D eigenvalue weighted by molar-refractivity contribution is 14.1. The molecule has 0 aliphatic carbocycles. The Labute approximate surface area is 114 Å². The van der Waals surface area contributed by atoms with Gasteiger partial charge < -0.3 is 0 Å². The normalized spacial score (nSPS) is 23.7. The predicted octanol–water partition coefficient (Wildman–Crippen LogP) is 2.73. The molecule has 0 saturated carbocycles. The molecule has 1 aromatic rings. The number of hydrogen-bond donors (Lipinski definition) is 0. The zero-order valence-corrected chi connectivity index (χ0v) is 12.4. The van der Waals surface area contributed by atoms with Crippen LogP contribution in [0.3, 0.4) is 0 Å². The van der Waals surface area contributed by atoms with Crippen LogP contribution < -0.4 is 4.31 Å². The average molecular weight is 372 g/mol. The van der Waals surface area contributed by atoms with Crippen LogP contribution in [0.25, 0.3) is 0 Å². The van der Waals surface area contributed by atoms with Gasteiger partial charge in [-0.1, -0.05) is 18.5 Å². The summed E-state index contributed by atoms with van der Waals surface area (Å²) in [5.41, 5.74) is 0.731. The van der Waals surface area contributed by atoms with Gasteiger partial charge in [-0.2, -0.15) is 0 Å². The molecule has 1 aliphatic heterocycles. The number of rotatable bonds is 1. The zero-order valence-electron chi connectivity index (χ0n) is 8.65. The molecule has 0 amide bonds. The standard InChI is InChI=1S/C10H11ClINO2S/c1-7-5-13(16(14,15)6-7)10-3-2-8(11)4-9(10)12/h2-4,7H,5-6H2,1H3. The van der Waals surface area contributed by atoms with Gasteiger partial charge in [-0.05, 0) is 46.7 Å². The lowest BCUT2D eigenvalue weighted by atomic mass is 10.2. The summed E-state index contributed by atoms with van der Waals surface area (Å²) < 4.78 is 26.1. The number of benzene rings is 1. The maximum absolute atomic E-state index is 11.9. The second-order valence-corrected chi connectivity index (χ2v) is 7.55. The van der Waals surface area contributed by atoms with E-state index < -0.39 is 10.0 Å². The Kier molecular flexibility index (Phi) is 3.38. The van der Waals surface area contributed by atoms with Crippen molar-refractivity contribution in [2.45, 2.75) is 6.92 Å². The molecule has 0 aromatic heterocycles. The predicted molar refractivity (Wildman–Crippen MR) is 74.5 cm³/mol. The quantitative estimate of drug-likeness (QED) is 0.712. The van der Waals surface area contributed by atoms with E-state index in [2.05, 4.69) is 22.6 Å². The molecule has 88 valence electrons. The van der Waals surface area contributed by atoms with E-state index in [0.717, 1.165) is 9.26 Å². The molecule has 16 heavy (non-hydrogen) atoms. The fourth-order valence-electron chi connectivity index (χ4n) is 1.83. The van der Waals surface area contributed by atoms with E-state index in [1.165, 1.54) is 4.31 Å². The lowest BCUT2D eigenvalue weighted by Gasteiger charge is -2.18. The lowest BCUT2D eigenvalue weighted by molar-refractivity contribution is 0.598. The molecule has 0 radical (unpaired) electrons. The van der Waals surface area contributed by atoms with Gasteiger partial charge in [0.25, 0.3) is 0 Å². The lowest BCUT2D eigenvalue weighted by Crippen LogP contribution is -2.26. The molecule has 2 rings (SSSR count). The highest BCUT2D eigenvalue weighted by Gasteiger charge is 2.34. The van der Waals surface area contributed by atoms with Crippen LogP contribution in [0.4, 0.5) is 5.69 Å². The van der Waals surface area contributed by atoms with Crippen molar-refractivity contribution in [3.05, 3.63) is 26.8 Å². The summed E-state index contributed by atoms with van der Waals surface area (Å²) >= 11 is 7.96. The van der Waals surface area contributed by atoms with Crippen LogP contribution in [0.5, 0.6) is 0 Å². The molecule has 1 unspecified atom stereocenters. The molecule has 1 saturated heterocycles. The molecule has 1 heterocycles. The molecular weight excluding hydrogens is 361 g/mol. The summed E-state index contributed by atoms with van der Waals surface area (Å²) in [6.45, 7) is 2.50. The van der Waals surface area contributed by atoms with Gasteiger partial charge in [0.2, 0.25) is 10.0 Å². The van der Waals surface area contributed by atoms with Crippen LogP contribution in [0.2, 0.25) is 5.02 Å². The van der Waals surface area contributed by atoms with Gasteiger partial charge in [-0.3, -0.25) is 4.31 Å². The SMILES string of the molecule is CC1CN(c2ccc(Cl)cc2I)S(=O)(=O)C1. The third-order valence-electron chi connectivity index (χ3n) is 2.49. The summed E-state index contributed by atoms with van der Waals surface area (Å²) in [6, 6.07) is 5.26. The largest absolute Gasteiger partial charge is 0.269 e. The topological polar surface area (TPSA) is 37.4 Å². The second-order valence-electron chi connectivity index (χ2n) is 4.01. The van der Waals surface area contributed by atoms with Crippen molar-refractivity contribution in [3.8, 4) is 0 Å². The van der Waals surface area contributed by atoms with Gasteiger partial charge in [0.05, 0.1) is 11.4 Å². The van der Waals surface area contributed by atoms with Gasteiger partial charge in [0.15, 0.2) is 0 Å². The first-order valence-corrected chi connectivity index (χ1v) is 7.92. The van der Waals surface area contributed by atoms with Crippen molar-refractivity contribution in [3.63, 3.8) is 0 Å². The molecule has 1 aromatic carbocycles. The van der Waals surface area contributed by atoms with Gasteiger partial charge >= 0.3 is 0 Å². The number of sulfonamides is 1. The number of nitrogens with zero attached hydrogens (tertiary/aromatic N) is 1. The molecule has 0 spiro atoms. The van der Waals surface area contributed by atoms with E-state index in [1.807, 2.05) is 6.92 Å². The molecule has 0 bridgehead atoms. The number of hydrogen-bond acceptors (Lipinski definition) is 2. The first kappa shape index (κ1) is 12.4. The molecular formula is C10H11ClINO2S. The maximum Gasteiger partial charge on any atom is 0.235 e. The van der Waals surface area contributed by atoms with E-state index in [-0.39, 0.29) is 11.7 Å². The first-order valence-electron chi connectivity index (χ1n) is 4.85. The number of halogens is 2. The highest BCUT2D eigenvalue weighted by Crippen LogP contribution is 2.32. The fraction of sp³-hybridized carbons (Fsp3) is 0.400. The molecule has 3 nitrogen and oxygen atoms in total. The van der Waals surface area contributed by atoms with Gasteiger partial charge in [0.1, 0.15) is 0 Å². The second kappa shape index (κ2) is 4.34. The van der Waals surface area contributed by atoms with E-state index in [9.17, 15) is 8.42 Å². The summed E-state index contributed by atoms with van der Waals surface area (Å²) in [5, 5.41) is 0.623. The van der Waals surface area contributed by atoms with Crippen LogP contribution in [-0.4, -0.2) is 20.7 Å². The van der Waals surface area contributed by atoms with Crippen LogP contribution >= 0.6 is 34.2 Å². The minimum absolute atomic E-state index is 0.177. The fourth-order valence-corrected chi connectivity index (χ4v) is 5.10. The Morgan fingerprint density at radius 2 is 2.19 bits per heavy atom. The molecule has 1 aliphatic rings. The third-order valence-corrected chi connectivity index (χ3v) is 5.59.